The van der Waals surface area contributed by atoms with Gasteiger partial charge in [-0.15, -0.1) is 0 Å². The van der Waals surface area contributed by atoms with Gasteiger partial charge in [-0.25, -0.2) is 4.79 Å². The number of ether oxygens (including phenoxy) is 1. The number of hydrogen-bond acceptors (Lipinski definition) is 5. The molecule has 1 heterocycles. The summed E-state index contributed by atoms with van der Waals surface area (Å²) in [7, 11) is 5.57. The quantitative estimate of drug-likeness (QED) is 0.798. The number of pyridine rings is 1. The zero-order chi connectivity index (χ0) is 19.0. The fourth-order valence-electron chi connectivity index (χ4n) is 1.80. The second-order valence-electron chi connectivity index (χ2n) is 6.93. The van der Waals surface area contributed by atoms with E-state index in [4.69, 9.17) is 4.74 Å². The highest BCUT2D eigenvalue weighted by Crippen LogP contribution is 2.12. The van der Waals surface area contributed by atoms with Gasteiger partial charge in [0.15, 0.2) is 0 Å². The highest BCUT2D eigenvalue weighted by molar-refractivity contribution is 6.00. The fraction of sp³-hybridized carbons (Fsp3) is 0.500. The van der Waals surface area contributed by atoms with Crippen molar-refractivity contribution in [2.24, 2.45) is 0 Å². The highest BCUT2D eigenvalue weighted by Gasteiger charge is 2.16. The van der Waals surface area contributed by atoms with Gasteiger partial charge in [0.2, 0.25) is 5.91 Å². The molecule has 1 aromatic rings. The van der Waals surface area contributed by atoms with Crippen LogP contribution in [-0.4, -0.2) is 55.2 Å². The lowest BCUT2D eigenvalue weighted by Gasteiger charge is -2.19. The molecular weight excluding hydrogens is 320 g/mol. The smallest absolute Gasteiger partial charge is 0.407 e. The molecule has 0 aromatic carbocycles. The molecular formula is C18H28N4O3. The van der Waals surface area contributed by atoms with Crippen LogP contribution in [0.4, 0.5) is 10.5 Å². The molecule has 0 aliphatic heterocycles. The maximum Gasteiger partial charge on any atom is 0.407 e. The van der Waals surface area contributed by atoms with Gasteiger partial charge in [-0.3, -0.25) is 9.78 Å². The van der Waals surface area contributed by atoms with Crippen LogP contribution in [0.25, 0.3) is 0 Å². The minimum atomic E-state index is -0.537. The molecule has 0 aliphatic rings. The Labute approximate surface area is 149 Å². The number of amides is 2. The number of anilines is 1. The third kappa shape index (κ3) is 8.30. The molecule has 1 aromatic heterocycles. The topological polar surface area (TPSA) is 74.8 Å². The van der Waals surface area contributed by atoms with E-state index in [0.717, 1.165) is 0 Å². The third-order valence-electron chi connectivity index (χ3n) is 3.07. The zero-order valence-corrected chi connectivity index (χ0v) is 15.9. The molecule has 0 bridgehead atoms. The van der Waals surface area contributed by atoms with Crippen molar-refractivity contribution in [3.05, 3.63) is 36.2 Å². The summed E-state index contributed by atoms with van der Waals surface area (Å²) >= 11 is 0. The molecule has 2 amide bonds. The van der Waals surface area contributed by atoms with Gasteiger partial charge in [0.1, 0.15) is 5.60 Å². The average Bonchev–Trinajstić information content (AvgIpc) is 2.50. The predicted molar refractivity (Wildman–Crippen MR) is 98.4 cm³/mol. The first-order chi connectivity index (χ1) is 11.6. The first-order valence-electron chi connectivity index (χ1n) is 8.09. The zero-order valence-electron chi connectivity index (χ0n) is 15.9. The van der Waals surface area contributed by atoms with Crippen LogP contribution in [0, 0.1) is 0 Å². The van der Waals surface area contributed by atoms with E-state index in [1.54, 1.807) is 46.1 Å². The molecule has 0 unspecified atom stereocenters. The van der Waals surface area contributed by atoms with Gasteiger partial charge in [0.25, 0.3) is 0 Å². The normalized spacial score (nSPS) is 11.6. The van der Waals surface area contributed by atoms with Crippen molar-refractivity contribution in [1.29, 1.82) is 0 Å². The van der Waals surface area contributed by atoms with E-state index in [2.05, 4.69) is 10.3 Å². The van der Waals surface area contributed by atoms with Crippen LogP contribution in [0.15, 0.2) is 30.5 Å². The second kappa shape index (κ2) is 9.17. The molecule has 0 spiro atoms. The van der Waals surface area contributed by atoms with Crippen molar-refractivity contribution in [2.45, 2.75) is 32.9 Å². The van der Waals surface area contributed by atoms with Crippen LogP contribution in [0.1, 0.15) is 26.5 Å². The first kappa shape index (κ1) is 20.6. The molecule has 138 valence electrons. The van der Waals surface area contributed by atoms with E-state index in [1.807, 2.05) is 25.1 Å². The second-order valence-corrected chi connectivity index (χ2v) is 6.93. The summed E-state index contributed by atoms with van der Waals surface area (Å²) in [5.74, 6) is -0.122. The van der Waals surface area contributed by atoms with Crippen LogP contribution in [0.2, 0.25) is 0 Å². The largest absolute Gasteiger partial charge is 0.444 e. The van der Waals surface area contributed by atoms with Crippen LogP contribution < -0.4 is 10.2 Å². The average molecular weight is 348 g/mol. The number of aromatic nitrogens is 1. The van der Waals surface area contributed by atoms with Crippen LogP contribution in [0.3, 0.4) is 0 Å². The summed E-state index contributed by atoms with van der Waals surface area (Å²) in [4.78, 5) is 31.4. The van der Waals surface area contributed by atoms with Gasteiger partial charge >= 0.3 is 6.09 Å². The number of alkyl carbamates (subject to hydrolysis) is 1. The molecule has 0 aliphatic carbocycles. The van der Waals surface area contributed by atoms with Gasteiger partial charge in [-0.2, -0.15) is 0 Å². The molecule has 0 fully saturated rings. The van der Waals surface area contributed by atoms with Crippen LogP contribution in [-0.2, 0) is 16.1 Å². The van der Waals surface area contributed by atoms with Crippen LogP contribution in [0.5, 0.6) is 0 Å². The van der Waals surface area contributed by atoms with Gasteiger partial charge in [0.05, 0.1) is 24.1 Å². The SMILES string of the molecule is CN(C)C/C=C/C(=O)N(C)c1ccc(CNC(=O)OC(C)(C)C)nc1. The lowest BCUT2D eigenvalue weighted by molar-refractivity contribution is -0.113. The Bertz CT molecular complexity index is 604. The number of likely N-dealkylation sites (N-methyl/N-ethyl adjacent to an activating group) is 2. The Kier molecular flexibility index (Phi) is 7.57. The summed E-state index contributed by atoms with van der Waals surface area (Å²) in [6, 6.07) is 3.55. The Balaban J connectivity index is 2.56. The summed E-state index contributed by atoms with van der Waals surface area (Å²) in [5.41, 5.74) is 0.823. The summed E-state index contributed by atoms with van der Waals surface area (Å²) in [5, 5.41) is 2.65. The monoisotopic (exact) mass is 348 g/mol. The standard InChI is InChI=1S/C18H28N4O3/c1-18(2,3)25-17(24)20-12-14-9-10-15(13-19-14)22(6)16(23)8-7-11-21(4)5/h7-10,13H,11-12H2,1-6H3,(H,20,24)/b8-7+. The lowest BCUT2D eigenvalue weighted by atomic mass is 10.2. The van der Waals surface area contributed by atoms with Crippen molar-refractivity contribution in [2.75, 3.05) is 32.6 Å². The Morgan fingerprint density at radius 3 is 2.44 bits per heavy atom. The van der Waals surface area contributed by atoms with Gasteiger partial charge in [0, 0.05) is 19.7 Å². The van der Waals surface area contributed by atoms with Gasteiger partial charge in [-0.1, -0.05) is 6.08 Å². The Morgan fingerprint density at radius 1 is 1.24 bits per heavy atom. The molecule has 7 nitrogen and oxygen atoms in total. The van der Waals surface area contributed by atoms with Gasteiger partial charge < -0.3 is 19.9 Å². The molecule has 25 heavy (non-hydrogen) atoms. The number of carbonyl (C=O) groups is 2. The van der Waals surface area contributed by atoms with Crippen molar-refractivity contribution in [1.82, 2.24) is 15.2 Å². The number of hydrogen-bond donors (Lipinski definition) is 1. The van der Waals surface area contributed by atoms with Crippen LogP contribution >= 0.6 is 0 Å². The molecule has 7 heteroatoms. The molecule has 0 radical (unpaired) electrons. The predicted octanol–water partition coefficient (Wildman–Crippen LogP) is 2.19. The van der Waals surface area contributed by atoms with Crippen molar-refractivity contribution in [3.63, 3.8) is 0 Å². The minimum absolute atomic E-state index is 0.122. The highest BCUT2D eigenvalue weighted by atomic mass is 16.6. The van der Waals surface area contributed by atoms with E-state index in [-0.39, 0.29) is 12.5 Å². The third-order valence-corrected chi connectivity index (χ3v) is 3.07. The number of rotatable bonds is 6. The number of carbonyl (C=O) groups excluding carboxylic acids is 2. The summed E-state index contributed by atoms with van der Waals surface area (Å²) < 4.78 is 5.17. The fourth-order valence-corrected chi connectivity index (χ4v) is 1.80. The van der Waals surface area contributed by atoms with E-state index in [0.29, 0.717) is 17.9 Å². The maximum atomic E-state index is 12.1. The number of nitrogens with one attached hydrogen (secondary N) is 1. The lowest BCUT2D eigenvalue weighted by Crippen LogP contribution is -2.32. The Hall–Kier alpha value is -2.41. The van der Waals surface area contributed by atoms with E-state index < -0.39 is 11.7 Å². The van der Waals surface area contributed by atoms with E-state index in [9.17, 15) is 9.59 Å². The van der Waals surface area contributed by atoms with E-state index >= 15 is 0 Å². The van der Waals surface area contributed by atoms with Crippen molar-refractivity contribution >= 4 is 17.7 Å². The molecule has 1 rings (SSSR count). The molecule has 0 atom stereocenters. The first-order valence-corrected chi connectivity index (χ1v) is 8.09. The molecule has 0 saturated carbocycles. The van der Waals surface area contributed by atoms with E-state index in [1.165, 1.54) is 11.0 Å². The van der Waals surface area contributed by atoms with Crippen molar-refractivity contribution in [3.8, 4) is 0 Å². The Morgan fingerprint density at radius 2 is 1.92 bits per heavy atom. The van der Waals surface area contributed by atoms with Crippen molar-refractivity contribution < 1.29 is 14.3 Å². The van der Waals surface area contributed by atoms with Gasteiger partial charge in [-0.05, 0) is 47.0 Å². The molecule has 0 saturated heterocycles. The summed E-state index contributed by atoms with van der Waals surface area (Å²) in [6.07, 6.45) is 4.46. The summed E-state index contributed by atoms with van der Waals surface area (Å²) in [6.45, 7) is 6.38. The maximum absolute atomic E-state index is 12.1. The molecule has 1 N–H and O–H groups in total. The number of nitrogens with zero attached hydrogens (tertiary/aromatic N) is 3. The minimum Gasteiger partial charge on any atom is -0.444 e.